The van der Waals surface area contributed by atoms with Gasteiger partial charge in [0.25, 0.3) is 0 Å². The molecule has 6 nitrogen and oxygen atoms in total. The number of ether oxygens (including phenoxy) is 1. The number of nitrogens with one attached hydrogen (secondary N) is 2. The molecule has 2 N–H and O–H groups in total. The predicted octanol–water partition coefficient (Wildman–Crippen LogP) is 1.10. The number of H-pyrrole nitrogens is 1. The van der Waals surface area contributed by atoms with Crippen LogP contribution in [0, 0.1) is 0 Å². The van der Waals surface area contributed by atoms with Gasteiger partial charge in [0.15, 0.2) is 0 Å². The van der Waals surface area contributed by atoms with Crippen LogP contribution >= 0.6 is 0 Å². The fourth-order valence-electron chi connectivity index (χ4n) is 1.77. The van der Waals surface area contributed by atoms with E-state index in [0.717, 1.165) is 11.4 Å². The Hall–Kier alpha value is -2.37. The van der Waals surface area contributed by atoms with Crippen LogP contribution < -0.4 is 10.1 Å². The molecule has 106 valence electrons. The summed E-state index contributed by atoms with van der Waals surface area (Å²) < 4.78 is 5.33. The molecule has 0 saturated carbocycles. The minimum Gasteiger partial charge on any atom is -0.478 e. The molecule has 20 heavy (non-hydrogen) atoms. The molecule has 6 heteroatoms. The normalized spacial score (nSPS) is 10.2. The third kappa shape index (κ3) is 4.38. The number of aromatic nitrogens is 3. The molecule has 0 radical (unpaired) electrons. The number of amides is 1. The molecule has 0 aliphatic heterocycles. The van der Waals surface area contributed by atoms with Gasteiger partial charge >= 0.3 is 0 Å². The molecule has 0 saturated heterocycles. The monoisotopic (exact) mass is 274 g/mol. The Bertz CT molecular complexity index is 540. The zero-order valence-corrected chi connectivity index (χ0v) is 11.4. The second-order valence-corrected chi connectivity index (χ2v) is 4.26. The van der Waals surface area contributed by atoms with Crippen LogP contribution in [-0.4, -0.2) is 34.2 Å². The Kier molecular flexibility index (Phi) is 5.11. The van der Waals surface area contributed by atoms with Crippen molar-refractivity contribution < 1.29 is 9.53 Å². The highest BCUT2D eigenvalue weighted by molar-refractivity contribution is 5.77. The molecule has 0 aliphatic rings. The molecule has 0 atom stereocenters. The lowest BCUT2D eigenvalue weighted by molar-refractivity contribution is -0.120. The van der Waals surface area contributed by atoms with Gasteiger partial charge in [-0.3, -0.25) is 9.89 Å². The van der Waals surface area contributed by atoms with Gasteiger partial charge in [-0.15, -0.1) is 0 Å². The number of aromatic amines is 1. The van der Waals surface area contributed by atoms with Crippen LogP contribution in [0.15, 0.2) is 30.5 Å². The Morgan fingerprint density at radius 2 is 2.30 bits per heavy atom. The number of carbonyl (C=O) groups is 1. The summed E-state index contributed by atoms with van der Waals surface area (Å²) in [6.45, 7) is 3.07. The Morgan fingerprint density at radius 1 is 1.40 bits per heavy atom. The lowest BCUT2D eigenvalue weighted by atomic mass is 10.2. The van der Waals surface area contributed by atoms with Crippen molar-refractivity contribution in [3.05, 3.63) is 41.9 Å². The molecule has 2 aromatic rings. The highest BCUT2D eigenvalue weighted by atomic mass is 16.5. The first-order valence-electron chi connectivity index (χ1n) is 6.61. The zero-order valence-electron chi connectivity index (χ0n) is 11.4. The summed E-state index contributed by atoms with van der Waals surface area (Å²) in [6, 6.07) is 7.43. The third-order valence-corrected chi connectivity index (χ3v) is 2.69. The van der Waals surface area contributed by atoms with Gasteiger partial charge in [-0.2, -0.15) is 5.10 Å². The lowest BCUT2D eigenvalue weighted by Crippen LogP contribution is -2.27. The van der Waals surface area contributed by atoms with E-state index in [2.05, 4.69) is 20.5 Å². The van der Waals surface area contributed by atoms with E-state index in [4.69, 9.17) is 4.74 Å². The van der Waals surface area contributed by atoms with Gasteiger partial charge in [0.1, 0.15) is 0 Å². The van der Waals surface area contributed by atoms with Crippen LogP contribution in [0.3, 0.4) is 0 Å². The summed E-state index contributed by atoms with van der Waals surface area (Å²) in [5, 5.41) is 9.41. The molecular weight excluding hydrogens is 256 g/mol. The van der Waals surface area contributed by atoms with Crippen molar-refractivity contribution in [2.75, 3.05) is 13.2 Å². The van der Waals surface area contributed by atoms with E-state index in [-0.39, 0.29) is 5.91 Å². The van der Waals surface area contributed by atoms with Gasteiger partial charge in [-0.05, 0) is 19.1 Å². The maximum atomic E-state index is 11.7. The molecule has 0 spiro atoms. The molecule has 2 aromatic heterocycles. The minimum absolute atomic E-state index is 0.0322. The second kappa shape index (κ2) is 7.28. The third-order valence-electron chi connectivity index (χ3n) is 2.69. The highest BCUT2D eigenvalue weighted by Crippen LogP contribution is 2.07. The van der Waals surface area contributed by atoms with Crippen LogP contribution in [0.25, 0.3) is 0 Å². The molecule has 1 amide bonds. The van der Waals surface area contributed by atoms with Gasteiger partial charge in [0.2, 0.25) is 11.8 Å². The Labute approximate surface area is 117 Å². The van der Waals surface area contributed by atoms with Crippen LogP contribution in [0.2, 0.25) is 0 Å². The Balaban J connectivity index is 1.75. The molecule has 0 aliphatic carbocycles. The lowest BCUT2D eigenvalue weighted by Gasteiger charge is -2.06. The molecule has 2 rings (SSSR count). The van der Waals surface area contributed by atoms with E-state index in [0.29, 0.717) is 31.9 Å². The first kappa shape index (κ1) is 14.0. The number of hydrogen-bond donors (Lipinski definition) is 2. The molecule has 0 bridgehead atoms. The molecule has 2 heterocycles. The first-order valence-corrected chi connectivity index (χ1v) is 6.61. The largest absolute Gasteiger partial charge is 0.478 e. The van der Waals surface area contributed by atoms with Crippen LogP contribution in [0.5, 0.6) is 5.88 Å². The summed E-state index contributed by atoms with van der Waals surface area (Å²) in [4.78, 5) is 16.0. The second-order valence-electron chi connectivity index (χ2n) is 4.26. The van der Waals surface area contributed by atoms with Crippen LogP contribution in [0.4, 0.5) is 0 Å². The van der Waals surface area contributed by atoms with E-state index in [1.807, 2.05) is 25.1 Å². The average Bonchev–Trinajstić information content (AvgIpc) is 2.92. The predicted molar refractivity (Wildman–Crippen MR) is 74.4 cm³/mol. The quantitative estimate of drug-likeness (QED) is 0.792. The van der Waals surface area contributed by atoms with Gasteiger partial charge in [0.05, 0.1) is 13.0 Å². The summed E-state index contributed by atoms with van der Waals surface area (Å²) in [6.07, 6.45) is 2.62. The maximum absolute atomic E-state index is 11.7. The molecule has 0 unspecified atom stereocenters. The number of hydrogen-bond acceptors (Lipinski definition) is 4. The van der Waals surface area contributed by atoms with Crippen molar-refractivity contribution in [1.29, 1.82) is 0 Å². The van der Waals surface area contributed by atoms with Crippen molar-refractivity contribution in [2.24, 2.45) is 0 Å². The fraction of sp³-hybridized carbons (Fsp3) is 0.357. The van der Waals surface area contributed by atoms with Crippen LogP contribution in [0.1, 0.15) is 18.3 Å². The zero-order chi connectivity index (χ0) is 14.2. The standard InChI is InChI=1S/C14H18N4O2/c1-2-20-14-5-3-4-11(17-14)6-8-15-13(19)10-12-7-9-16-18-12/h3-5,7,9H,2,6,8,10H2,1H3,(H,15,19)(H,16,18). The van der Waals surface area contributed by atoms with Crippen molar-refractivity contribution in [3.63, 3.8) is 0 Å². The van der Waals surface area contributed by atoms with Gasteiger partial charge in [-0.25, -0.2) is 4.98 Å². The SMILES string of the molecule is CCOc1cccc(CCNC(=O)Cc2ccn[nH]2)n1. The van der Waals surface area contributed by atoms with E-state index in [1.54, 1.807) is 12.3 Å². The number of nitrogens with zero attached hydrogens (tertiary/aromatic N) is 2. The van der Waals surface area contributed by atoms with Crippen molar-refractivity contribution in [3.8, 4) is 5.88 Å². The topological polar surface area (TPSA) is 79.9 Å². The summed E-state index contributed by atoms with van der Waals surface area (Å²) >= 11 is 0. The summed E-state index contributed by atoms with van der Waals surface area (Å²) in [5.41, 5.74) is 1.71. The number of pyridine rings is 1. The van der Waals surface area contributed by atoms with Gasteiger partial charge < -0.3 is 10.1 Å². The fourth-order valence-corrected chi connectivity index (χ4v) is 1.77. The summed E-state index contributed by atoms with van der Waals surface area (Å²) in [7, 11) is 0. The van der Waals surface area contributed by atoms with Crippen molar-refractivity contribution in [1.82, 2.24) is 20.5 Å². The average molecular weight is 274 g/mol. The Morgan fingerprint density at radius 3 is 3.05 bits per heavy atom. The maximum Gasteiger partial charge on any atom is 0.226 e. The van der Waals surface area contributed by atoms with E-state index in [1.165, 1.54) is 0 Å². The number of rotatable bonds is 7. The molecule has 0 fully saturated rings. The minimum atomic E-state index is -0.0322. The molecule has 0 aromatic carbocycles. The van der Waals surface area contributed by atoms with E-state index >= 15 is 0 Å². The number of carbonyl (C=O) groups excluding carboxylic acids is 1. The van der Waals surface area contributed by atoms with Crippen molar-refractivity contribution >= 4 is 5.91 Å². The van der Waals surface area contributed by atoms with Gasteiger partial charge in [-0.1, -0.05) is 6.07 Å². The molecular formula is C14H18N4O2. The van der Waals surface area contributed by atoms with Gasteiger partial charge in [0, 0.05) is 36.6 Å². The summed E-state index contributed by atoms with van der Waals surface area (Å²) in [5.74, 6) is 0.587. The smallest absolute Gasteiger partial charge is 0.226 e. The highest BCUT2D eigenvalue weighted by Gasteiger charge is 2.04. The van der Waals surface area contributed by atoms with Crippen LogP contribution in [-0.2, 0) is 17.6 Å². The van der Waals surface area contributed by atoms with E-state index in [9.17, 15) is 4.79 Å². The van der Waals surface area contributed by atoms with Crippen molar-refractivity contribution in [2.45, 2.75) is 19.8 Å². The first-order chi connectivity index (χ1) is 9.78. The van der Waals surface area contributed by atoms with E-state index < -0.39 is 0 Å².